The number of benzene rings is 3. The van der Waals surface area contributed by atoms with Crippen molar-refractivity contribution in [1.82, 2.24) is 0 Å². The minimum absolute atomic E-state index is 0.362. The lowest BCUT2D eigenvalue weighted by Gasteiger charge is -2.37. The Hall–Kier alpha value is -1.59. The molecule has 138 valence electrons. The molecular weight excluding hydrogens is 375 g/mol. The lowest BCUT2D eigenvalue weighted by molar-refractivity contribution is -0.0893. The summed E-state index contributed by atoms with van der Waals surface area (Å²) in [5.41, 5.74) is -0.681. The highest BCUT2D eigenvalue weighted by molar-refractivity contribution is 7.27. The van der Waals surface area contributed by atoms with Crippen LogP contribution in [-0.2, 0) is 4.65 Å². The number of aliphatic hydroxyl groups is 1. The molecule has 0 amide bonds. The van der Waals surface area contributed by atoms with Gasteiger partial charge in [0.2, 0.25) is 0 Å². The van der Waals surface area contributed by atoms with Crippen LogP contribution in [0.2, 0.25) is 5.02 Å². The summed E-state index contributed by atoms with van der Waals surface area (Å²) in [7, 11) is 0.362. The minimum Gasteiger partial charge on any atom is -0.427 e. The molecule has 0 radical (unpaired) electrons. The smallest absolute Gasteiger partial charge is 0.311 e. The van der Waals surface area contributed by atoms with Crippen molar-refractivity contribution < 1.29 is 9.76 Å². The van der Waals surface area contributed by atoms with Gasteiger partial charge < -0.3 is 9.76 Å². The molecule has 0 aliphatic rings. The normalized spacial score (nSPS) is 13.0. The van der Waals surface area contributed by atoms with Gasteiger partial charge in [0.1, 0.15) is 0 Å². The van der Waals surface area contributed by atoms with E-state index in [-0.39, 0.29) is 0 Å². The first-order chi connectivity index (χ1) is 12.7. The van der Waals surface area contributed by atoms with Crippen molar-refractivity contribution in [1.29, 1.82) is 0 Å². The third-order valence-electron chi connectivity index (χ3n) is 5.61. The molecule has 3 aromatic carbocycles. The summed E-state index contributed by atoms with van der Waals surface area (Å²) in [4.78, 5) is 0. The summed E-state index contributed by atoms with van der Waals surface area (Å²) in [6.45, 7) is 7.31. The molecular formula is C22H22BClO2S. The van der Waals surface area contributed by atoms with Gasteiger partial charge in [0.25, 0.3) is 0 Å². The second-order valence-electron chi connectivity index (χ2n) is 8.04. The minimum atomic E-state index is -0.944. The highest BCUT2D eigenvalue weighted by atomic mass is 35.5. The number of halogens is 1. The Morgan fingerprint density at radius 1 is 0.889 bits per heavy atom. The molecule has 1 heterocycles. The fraction of sp³-hybridized carbons (Fsp3) is 0.273. The van der Waals surface area contributed by atoms with Gasteiger partial charge in [-0.15, -0.1) is 11.3 Å². The van der Waals surface area contributed by atoms with Crippen LogP contribution < -0.4 is 5.46 Å². The lowest BCUT2D eigenvalue weighted by atomic mass is 9.82. The van der Waals surface area contributed by atoms with E-state index < -0.39 is 11.2 Å². The van der Waals surface area contributed by atoms with E-state index >= 15 is 0 Å². The maximum atomic E-state index is 10.3. The molecule has 1 N–H and O–H groups in total. The van der Waals surface area contributed by atoms with Gasteiger partial charge in [-0.05, 0) is 43.9 Å². The predicted molar refractivity (Wildman–Crippen MR) is 120 cm³/mol. The van der Waals surface area contributed by atoms with E-state index in [4.69, 9.17) is 16.3 Å². The topological polar surface area (TPSA) is 29.5 Å². The molecule has 0 saturated carbocycles. The van der Waals surface area contributed by atoms with Crippen LogP contribution in [0, 0.1) is 0 Å². The summed E-state index contributed by atoms with van der Waals surface area (Å²) in [6.07, 6.45) is 0. The fourth-order valence-corrected chi connectivity index (χ4v) is 4.75. The molecule has 0 bridgehead atoms. The van der Waals surface area contributed by atoms with Crippen LogP contribution in [0.5, 0.6) is 0 Å². The zero-order valence-corrected chi connectivity index (χ0v) is 17.5. The van der Waals surface area contributed by atoms with Gasteiger partial charge in [0.05, 0.1) is 20.9 Å². The van der Waals surface area contributed by atoms with Crippen molar-refractivity contribution >= 4 is 66.8 Å². The van der Waals surface area contributed by atoms with Crippen molar-refractivity contribution in [3.8, 4) is 0 Å². The zero-order chi connectivity index (χ0) is 19.4. The quantitative estimate of drug-likeness (QED) is 0.468. The Morgan fingerprint density at radius 2 is 1.56 bits per heavy atom. The van der Waals surface area contributed by atoms with Gasteiger partial charge in [-0.1, -0.05) is 60.1 Å². The largest absolute Gasteiger partial charge is 0.427 e. The molecule has 0 atom stereocenters. The summed E-state index contributed by atoms with van der Waals surface area (Å²) >= 11 is 8.51. The number of hydrogen-bond donors (Lipinski definition) is 1. The summed E-state index contributed by atoms with van der Waals surface area (Å²) in [6, 6.07) is 17.0. The van der Waals surface area contributed by atoms with E-state index in [0.29, 0.717) is 7.48 Å². The van der Waals surface area contributed by atoms with E-state index in [1.807, 2.05) is 19.9 Å². The third-order valence-corrected chi connectivity index (χ3v) is 7.43. The van der Waals surface area contributed by atoms with E-state index in [1.165, 1.54) is 26.2 Å². The van der Waals surface area contributed by atoms with Crippen molar-refractivity contribution in [3.05, 3.63) is 53.6 Å². The molecule has 0 spiro atoms. The number of rotatable bonds is 4. The summed E-state index contributed by atoms with van der Waals surface area (Å²) in [5, 5.41) is 16.0. The van der Waals surface area contributed by atoms with Crippen LogP contribution in [0.1, 0.15) is 27.7 Å². The van der Waals surface area contributed by atoms with Gasteiger partial charge in [-0.25, -0.2) is 0 Å². The molecule has 4 rings (SSSR count). The van der Waals surface area contributed by atoms with Crippen molar-refractivity contribution in [2.24, 2.45) is 0 Å². The average Bonchev–Trinajstić information content (AvgIpc) is 3.00. The zero-order valence-electron chi connectivity index (χ0n) is 16.0. The van der Waals surface area contributed by atoms with Crippen LogP contribution in [0.15, 0.2) is 48.5 Å². The molecule has 0 aliphatic carbocycles. The maximum absolute atomic E-state index is 10.3. The van der Waals surface area contributed by atoms with Crippen molar-refractivity contribution in [2.75, 3.05) is 0 Å². The Kier molecular flexibility index (Phi) is 4.51. The van der Waals surface area contributed by atoms with E-state index in [1.54, 1.807) is 25.2 Å². The highest BCUT2D eigenvalue weighted by Gasteiger charge is 2.35. The van der Waals surface area contributed by atoms with Crippen LogP contribution in [0.4, 0.5) is 0 Å². The van der Waals surface area contributed by atoms with E-state index in [0.717, 1.165) is 15.2 Å². The van der Waals surface area contributed by atoms with Gasteiger partial charge >= 0.3 is 7.48 Å². The molecule has 1 aromatic heterocycles. The molecule has 4 aromatic rings. The highest BCUT2D eigenvalue weighted by Crippen LogP contribution is 2.40. The lowest BCUT2D eigenvalue weighted by Crippen LogP contribution is -2.49. The van der Waals surface area contributed by atoms with Crippen molar-refractivity contribution in [2.45, 2.75) is 38.9 Å². The van der Waals surface area contributed by atoms with Gasteiger partial charge in [0, 0.05) is 15.5 Å². The average molecular weight is 397 g/mol. The molecule has 2 nitrogen and oxygen atoms in total. The van der Waals surface area contributed by atoms with E-state index in [9.17, 15) is 5.11 Å². The molecule has 0 unspecified atom stereocenters. The van der Waals surface area contributed by atoms with Crippen LogP contribution in [-0.4, -0.2) is 23.8 Å². The first-order valence-electron chi connectivity index (χ1n) is 9.07. The fourth-order valence-electron chi connectivity index (χ4n) is 3.12. The summed E-state index contributed by atoms with van der Waals surface area (Å²) < 4.78 is 8.38. The van der Waals surface area contributed by atoms with Crippen LogP contribution in [0.3, 0.4) is 0 Å². The Labute approximate surface area is 169 Å². The maximum Gasteiger partial charge on any atom is 0.311 e. The Bertz CT molecular complexity index is 1160. The van der Waals surface area contributed by atoms with E-state index in [2.05, 4.69) is 42.5 Å². The SMILES string of the molecule is CC(C)(O)C(C)(C)OBc1ccc2c(sc3c4ccccc4ccc23)c1Cl. The van der Waals surface area contributed by atoms with Gasteiger partial charge in [-0.2, -0.15) is 0 Å². The monoisotopic (exact) mass is 396 g/mol. The number of fused-ring (bicyclic) bond motifs is 5. The Balaban J connectivity index is 1.80. The van der Waals surface area contributed by atoms with Gasteiger partial charge in [0.15, 0.2) is 0 Å². The standard InChI is InChI=1S/C22H22BClO2S/c1-21(2,25)22(3,4)26-23-17-12-11-16-15-10-9-13-7-5-6-8-14(13)19(15)27-20(16)18(17)24/h5-12,23,25H,1-4H3. The van der Waals surface area contributed by atoms with Gasteiger partial charge in [-0.3, -0.25) is 0 Å². The molecule has 0 fully saturated rings. The molecule has 5 heteroatoms. The number of thiophene rings is 1. The first kappa shape index (κ1) is 18.8. The first-order valence-corrected chi connectivity index (χ1v) is 10.3. The molecule has 27 heavy (non-hydrogen) atoms. The third kappa shape index (κ3) is 3.15. The molecule has 0 aliphatic heterocycles. The summed E-state index contributed by atoms with van der Waals surface area (Å²) in [5.74, 6) is 0. The van der Waals surface area contributed by atoms with Crippen LogP contribution in [0.25, 0.3) is 30.9 Å². The Morgan fingerprint density at radius 3 is 2.30 bits per heavy atom. The van der Waals surface area contributed by atoms with Crippen molar-refractivity contribution in [3.63, 3.8) is 0 Å². The second kappa shape index (κ2) is 6.49. The molecule has 0 saturated heterocycles. The number of hydrogen-bond acceptors (Lipinski definition) is 3. The van der Waals surface area contributed by atoms with Crippen LogP contribution >= 0.6 is 22.9 Å². The predicted octanol–water partition coefficient (Wildman–Crippen LogP) is 5.40. The second-order valence-corrected chi connectivity index (χ2v) is 9.44.